The Hall–Kier alpha value is -3.66. The molecule has 0 spiro atoms. The number of fused-ring (bicyclic) bond motifs is 1. The van der Waals surface area contributed by atoms with Crippen LogP contribution in [0.15, 0.2) is 47.4 Å². The Morgan fingerprint density at radius 2 is 1.97 bits per heavy atom. The summed E-state index contributed by atoms with van der Waals surface area (Å²) in [5.74, 6) is -0.453. The molecule has 0 bridgehead atoms. The van der Waals surface area contributed by atoms with Gasteiger partial charge in [0.2, 0.25) is 15.7 Å². The molecule has 0 saturated heterocycles. The molecule has 0 aliphatic heterocycles. The number of rotatable bonds is 8. The molecule has 34 heavy (non-hydrogen) atoms. The van der Waals surface area contributed by atoms with Crippen molar-refractivity contribution in [1.82, 2.24) is 4.98 Å². The number of primary amides is 1. The number of anilines is 1. The van der Waals surface area contributed by atoms with Gasteiger partial charge in [-0.05, 0) is 43.7 Å². The zero-order valence-corrected chi connectivity index (χ0v) is 19.7. The van der Waals surface area contributed by atoms with Crippen LogP contribution in [0.3, 0.4) is 0 Å². The van der Waals surface area contributed by atoms with Crippen molar-refractivity contribution in [2.45, 2.75) is 32.1 Å². The average molecular weight is 484 g/mol. The Morgan fingerprint density at radius 1 is 1.29 bits per heavy atom. The van der Waals surface area contributed by atoms with Crippen LogP contribution in [0.2, 0.25) is 0 Å². The Labute approximate surface area is 197 Å². The smallest absolute Gasteiger partial charge is 0.412 e. The van der Waals surface area contributed by atoms with Gasteiger partial charge in [-0.2, -0.15) is 4.98 Å². The summed E-state index contributed by atoms with van der Waals surface area (Å²) in [5.41, 5.74) is 7.41. The molecule has 1 fully saturated rings. The number of ether oxygens (including phenoxy) is 1. The number of amides is 1. The maximum absolute atomic E-state index is 12.9. The van der Waals surface area contributed by atoms with Crippen LogP contribution in [0.4, 0.5) is 10.6 Å². The van der Waals surface area contributed by atoms with E-state index in [9.17, 15) is 18.0 Å². The molecule has 0 atom stereocenters. The van der Waals surface area contributed by atoms with Crippen molar-refractivity contribution in [3.05, 3.63) is 59.7 Å². The van der Waals surface area contributed by atoms with Crippen LogP contribution >= 0.6 is 0 Å². The second-order valence-corrected chi connectivity index (χ2v) is 10.2. The molecule has 0 radical (unpaired) electrons. The number of hydrogen-bond acceptors (Lipinski definition) is 7. The largest absolute Gasteiger partial charge is 0.437 e. The van der Waals surface area contributed by atoms with Crippen molar-refractivity contribution in [2.75, 3.05) is 17.1 Å². The van der Waals surface area contributed by atoms with E-state index in [1.807, 2.05) is 19.1 Å². The number of esters is 1. The summed E-state index contributed by atoms with van der Waals surface area (Å²) in [6, 6.07) is 8.94. The predicted molar refractivity (Wildman–Crippen MR) is 128 cm³/mol. The summed E-state index contributed by atoms with van der Waals surface area (Å²) < 4.78 is 37.1. The fourth-order valence-corrected chi connectivity index (χ4v) is 4.71. The number of benzene rings is 1. The van der Waals surface area contributed by atoms with Gasteiger partial charge in [0, 0.05) is 12.1 Å². The number of carbonyl (C=O) groups excluding carboxylic acids is 2. The van der Waals surface area contributed by atoms with E-state index in [-0.39, 0.29) is 35.3 Å². The predicted octanol–water partition coefficient (Wildman–Crippen LogP) is 4.26. The van der Waals surface area contributed by atoms with E-state index in [4.69, 9.17) is 10.2 Å². The number of nitrogens with zero attached hydrogens (tertiary/aromatic N) is 2. The van der Waals surface area contributed by atoms with Gasteiger partial charge < -0.3 is 14.9 Å². The molecule has 1 aliphatic carbocycles. The molecule has 178 valence electrons. The van der Waals surface area contributed by atoms with Gasteiger partial charge in [-0.15, -0.1) is 6.58 Å². The molecule has 2 aromatic heterocycles. The second-order valence-electron chi connectivity index (χ2n) is 8.32. The van der Waals surface area contributed by atoms with Gasteiger partial charge in [0.05, 0.1) is 11.6 Å². The highest BCUT2D eigenvalue weighted by Gasteiger charge is 2.34. The van der Waals surface area contributed by atoms with E-state index in [2.05, 4.69) is 16.3 Å². The lowest BCUT2D eigenvalue weighted by Gasteiger charge is -2.23. The fraction of sp³-hybridized carbons (Fsp3) is 0.292. The van der Waals surface area contributed by atoms with E-state index in [1.54, 1.807) is 24.3 Å². The molecule has 1 saturated carbocycles. The first-order valence-electron chi connectivity index (χ1n) is 10.7. The highest BCUT2D eigenvalue weighted by atomic mass is 32.2. The minimum atomic E-state index is -3.65. The molecule has 1 aliphatic rings. The quantitative estimate of drug-likeness (QED) is 0.287. The second kappa shape index (κ2) is 8.94. The zero-order chi connectivity index (χ0) is 24.6. The number of aromatic nitrogens is 1. The molecule has 2 heterocycles. The molecule has 1 aromatic carbocycles. The number of nitrogens with two attached hydrogens (primary N) is 1. The summed E-state index contributed by atoms with van der Waals surface area (Å²) in [4.78, 5) is 28.8. The summed E-state index contributed by atoms with van der Waals surface area (Å²) in [6.45, 7) is 5.77. The Bertz CT molecular complexity index is 1390. The summed E-state index contributed by atoms with van der Waals surface area (Å²) in [7, 11) is -3.65. The van der Waals surface area contributed by atoms with Gasteiger partial charge in [0.15, 0.2) is 5.76 Å². The number of sulfonamides is 1. The van der Waals surface area contributed by atoms with Gasteiger partial charge in [-0.25, -0.2) is 18.0 Å². The van der Waals surface area contributed by atoms with Gasteiger partial charge in [-0.1, -0.05) is 35.9 Å². The van der Waals surface area contributed by atoms with Crippen molar-refractivity contribution < 1.29 is 27.2 Å². The van der Waals surface area contributed by atoms with Crippen molar-refractivity contribution >= 4 is 39.0 Å². The minimum Gasteiger partial charge on any atom is -0.437 e. The maximum Gasteiger partial charge on any atom is 0.412 e. The highest BCUT2D eigenvalue weighted by molar-refractivity contribution is 7.92. The SMILES string of the molecule is C=CCCN(c1nc2oc(-c3ccc(C)cc3)c(C(=O)OC(N)=O)c2cc1C1CC1)S(C)(=O)=O. The Morgan fingerprint density at radius 3 is 2.53 bits per heavy atom. The van der Waals surface area contributed by atoms with Gasteiger partial charge in [0.25, 0.3) is 0 Å². The normalized spacial score (nSPS) is 13.6. The van der Waals surface area contributed by atoms with Gasteiger partial charge in [0.1, 0.15) is 11.4 Å². The first-order valence-corrected chi connectivity index (χ1v) is 12.6. The summed E-state index contributed by atoms with van der Waals surface area (Å²) >= 11 is 0. The van der Waals surface area contributed by atoms with Crippen LogP contribution in [0.1, 0.15) is 46.7 Å². The van der Waals surface area contributed by atoms with Crippen molar-refractivity contribution in [1.29, 1.82) is 0 Å². The molecule has 9 nitrogen and oxygen atoms in total. The van der Waals surface area contributed by atoms with Crippen molar-refractivity contribution in [2.24, 2.45) is 5.73 Å². The van der Waals surface area contributed by atoms with Crippen LogP contribution in [0.5, 0.6) is 0 Å². The summed E-state index contributed by atoms with van der Waals surface area (Å²) in [5, 5.41) is 0.324. The lowest BCUT2D eigenvalue weighted by molar-refractivity contribution is 0.0640. The molecule has 10 heteroatoms. The Balaban J connectivity index is 1.98. The molecule has 3 aromatic rings. The lowest BCUT2D eigenvalue weighted by atomic mass is 10.0. The van der Waals surface area contributed by atoms with Crippen LogP contribution in [0.25, 0.3) is 22.4 Å². The lowest BCUT2D eigenvalue weighted by Crippen LogP contribution is -2.32. The van der Waals surface area contributed by atoms with E-state index in [0.29, 0.717) is 22.9 Å². The third-order valence-electron chi connectivity index (χ3n) is 5.59. The van der Waals surface area contributed by atoms with Crippen molar-refractivity contribution in [3.8, 4) is 11.3 Å². The highest BCUT2D eigenvalue weighted by Crippen LogP contribution is 2.46. The van der Waals surface area contributed by atoms with Crippen LogP contribution in [-0.2, 0) is 14.8 Å². The van der Waals surface area contributed by atoms with Crippen molar-refractivity contribution in [3.63, 3.8) is 0 Å². The van der Waals surface area contributed by atoms with E-state index in [0.717, 1.165) is 24.7 Å². The number of carbonyl (C=O) groups is 2. The van der Waals surface area contributed by atoms with E-state index < -0.39 is 22.1 Å². The monoisotopic (exact) mass is 483 g/mol. The number of pyridine rings is 1. The fourth-order valence-electron chi connectivity index (χ4n) is 3.81. The Kier molecular flexibility index (Phi) is 6.18. The minimum absolute atomic E-state index is 0.00981. The van der Waals surface area contributed by atoms with Gasteiger partial charge >= 0.3 is 12.1 Å². The van der Waals surface area contributed by atoms with Crippen LogP contribution in [0, 0.1) is 6.92 Å². The third-order valence-corrected chi connectivity index (χ3v) is 6.75. The third kappa shape index (κ3) is 4.67. The van der Waals surface area contributed by atoms with Crippen LogP contribution in [-0.4, -0.2) is 38.3 Å². The number of hydrogen-bond donors (Lipinski definition) is 1. The molecule has 2 N–H and O–H groups in total. The molecule has 0 unspecified atom stereocenters. The first kappa shape index (κ1) is 23.5. The first-order chi connectivity index (χ1) is 16.1. The molecule has 4 rings (SSSR count). The van der Waals surface area contributed by atoms with Gasteiger partial charge in [-0.3, -0.25) is 4.31 Å². The molecular formula is C24H25N3O6S. The number of aryl methyl sites for hydroxylation is 1. The maximum atomic E-state index is 12.9. The molecule has 1 amide bonds. The van der Waals surface area contributed by atoms with E-state index >= 15 is 0 Å². The topological polar surface area (TPSA) is 133 Å². The standard InChI is InChI=1S/C24H25N3O6S/c1-4-5-12-27(34(3,30)31)21-17(15-10-11-15)13-18-19(23(28)33-24(25)29)20(32-22(18)26-21)16-8-6-14(2)7-9-16/h4,6-9,13,15H,1,5,10-12H2,2-3H3,(H2,25,29). The van der Waals surface area contributed by atoms with E-state index in [1.165, 1.54) is 4.31 Å². The zero-order valence-electron chi connectivity index (χ0n) is 18.9. The number of furan rings is 1. The molecular weight excluding hydrogens is 458 g/mol. The van der Waals surface area contributed by atoms with Crippen LogP contribution < -0.4 is 10.0 Å². The average Bonchev–Trinajstić information content (AvgIpc) is 3.53. The summed E-state index contributed by atoms with van der Waals surface area (Å²) in [6.07, 6.45) is 3.67.